The van der Waals surface area contributed by atoms with Crippen LogP contribution in [0, 0.1) is 19.7 Å². The van der Waals surface area contributed by atoms with Crippen LogP contribution in [0.2, 0.25) is 0 Å². The van der Waals surface area contributed by atoms with Gasteiger partial charge in [-0.05, 0) is 44.2 Å². The monoisotopic (exact) mass is 330 g/mol. The molecule has 0 amide bonds. The van der Waals surface area contributed by atoms with Gasteiger partial charge in [-0.25, -0.2) is 9.37 Å². The number of rotatable bonds is 5. The maximum atomic E-state index is 12.9. The van der Waals surface area contributed by atoms with Crippen LogP contribution in [0.5, 0.6) is 5.75 Å². The molecule has 0 saturated heterocycles. The molecule has 0 radical (unpaired) electrons. The summed E-state index contributed by atoms with van der Waals surface area (Å²) in [5.74, 6) is 0.00869. The number of ketones is 1. The Morgan fingerprint density at radius 1 is 1.30 bits per heavy atom. The molecule has 0 fully saturated rings. The molecular weight excluding hydrogens is 315 g/mol. The average Bonchev–Trinajstić information content (AvgIpc) is 3.14. The van der Waals surface area contributed by atoms with Gasteiger partial charge in [-0.1, -0.05) is 0 Å². The number of ether oxygens (including phenoxy) is 1. The first-order valence-electron chi connectivity index (χ1n) is 7.06. The fourth-order valence-electron chi connectivity index (χ4n) is 2.42. The van der Waals surface area contributed by atoms with Gasteiger partial charge in [0.25, 0.3) is 0 Å². The van der Waals surface area contributed by atoms with E-state index in [1.54, 1.807) is 6.20 Å². The van der Waals surface area contributed by atoms with E-state index in [4.69, 9.17) is 4.74 Å². The molecule has 0 atom stereocenters. The highest BCUT2D eigenvalue weighted by molar-refractivity contribution is 7.12. The molecule has 4 nitrogen and oxygen atoms in total. The molecule has 0 saturated carbocycles. The summed E-state index contributed by atoms with van der Waals surface area (Å²) in [5, 5.41) is 2.73. The second kappa shape index (κ2) is 6.34. The third-order valence-electron chi connectivity index (χ3n) is 3.53. The summed E-state index contributed by atoms with van der Waals surface area (Å²) >= 11 is 1.51. The Morgan fingerprint density at radius 2 is 2.04 bits per heavy atom. The largest absolute Gasteiger partial charge is 0.485 e. The second-order valence-electron chi connectivity index (χ2n) is 5.10. The number of Topliss-reactive ketones (excluding diaryl/α,β-unsaturated/α-hetero) is 1. The van der Waals surface area contributed by atoms with Gasteiger partial charge < -0.3 is 4.74 Å². The first kappa shape index (κ1) is 15.4. The van der Waals surface area contributed by atoms with Crippen LogP contribution < -0.4 is 4.74 Å². The number of thiazole rings is 1. The van der Waals surface area contributed by atoms with Gasteiger partial charge in [0.1, 0.15) is 11.6 Å². The van der Waals surface area contributed by atoms with E-state index < -0.39 is 0 Å². The second-order valence-corrected chi connectivity index (χ2v) is 5.97. The highest BCUT2D eigenvalue weighted by Gasteiger charge is 2.18. The Hall–Kier alpha value is -2.47. The normalized spacial score (nSPS) is 10.7. The highest BCUT2D eigenvalue weighted by atomic mass is 32.1. The minimum Gasteiger partial charge on any atom is -0.485 e. The Kier molecular flexibility index (Phi) is 4.25. The molecule has 6 heteroatoms. The molecule has 118 valence electrons. The van der Waals surface area contributed by atoms with E-state index in [-0.39, 0.29) is 18.2 Å². The fraction of sp³-hybridized carbons (Fsp3) is 0.176. The van der Waals surface area contributed by atoms with Crippen molar-refractivity contribution in [2.45, 2.75) is 13.8 Å². The van der Waals surface area contributed by atoms with E-state index in [0.717, 1.165) is 16.5 Å². The zero-order valence-electron chi connectivity index (χ0n) is 12.7. The zero-order chi connectivity index (χ0) is 16.4. The number of aromatic nitrogens is 2. The molecule has 1 aromatic carbocycles. The minimum absolute atomic E-state index is 0.0895. The summed E-state index contributed by atoms with van der Waals surface area (Å²) in [6, 6.07) is 7.44. The first-order chi connectivity index (χ1) is 11.1. The molecule has 2 heterocycles. The minimum atomic E-state index is -0.337. The molecule has 0 aliphatic heterocycles. The molecule has 23 heavy (non-hydrogen) atoms. The van der Waals surface area contributed by atoms with Crippen molar-refractivity contribution in [3.63, 3.8) is 0 Å². The van der Waals surface area contributed by atoms with Crippen molar-refractivity contribution in [3.8, 4) is 10.9 Å². The fourth-order valence-corrected chi connectivity index (χ4v) is 3.17. The Bertz CT molecular complexity index is 823. The van der Waals surface area contributed by atoms with Crippen LogP contribution in [0.1, 0.15) is 21.7 Å². The standard InChI is InChI=1S/C17H15FN2O2S/c1-11-9-15(12(2)20(11)17-19-7-8-23-17)16(21)10-22-14-5-3-13(18)4-6-14/h3-9H,10H2,1-2H3. The molecule has 3 rings (SSSR count). The van der Waals surface area contributed by atoms with Crippen molar-refractivity contribution in [2.75, 3.05) is 6.61 Å². The lowest BCUT2D eigenvalue weighted by Gasteiger charge is -2.07. The van der Waals surface area contributed by atoms with Crippen molar-refractivity contribution < 1.29 is 13.9 Å². The molecule has 2 aromatic heterocycles. The van der Waals surface area contributed by atoms with Crippen molar-refractivity contribution >= 4 is 17.1 Å². The lowest BCUT2D eigenvalue weighted by molar-refractivity contribution is 0.0921. The molecule has 3 aromatic rings. The average molecular weight is 330 g/mol. The lowest BCUT2D eigenvalue weighted by Crippen LogP contribution is -2.12. The van der Waals surface area contributed by atoms with Gasteiger partial charge in [-0.15, -0.1) is 11.3 Å². The number of hydrogen-bond donors (Lipinski definition) is 0. The molecule has 0 aliphatic carbocycles. The summed E-state index contributed by atoms with van der Waals surface area (Å²) in [6.07, 6.45) is 1.73. The van der Waals surface area contributed by atoms with E-state index in [0.29, 0.717) is 11.3 Å². The van der Waals surface area contributed by atoms with Gasteiger partial charge in [0.15, 0.2) is 11.7 Å². The smallest absolute Gasteiger partial charge is 0.202 e. The predicted molar refractivity (Wildman–Crippen MR) is 87.1 cm³/mol. The van der Waals surface area contributed by atoms with Crippen LogP contribution in [-0.2, 0) is 0 Å². The molecule has 0 spiro atoms. The first-order valence-corrected chi connectivity index (χ1v) is 7.94. The molecular formula is C17H15FN2O2S. The summed E-state index contributed by atoms with van der Waals surface area (Å²) in [5.41, 5.74) is 2.40. The predicted octanol–water partition coefficient (Wildman–Crippen LogP) is 3.95. The summed E-state index contributed by atoms with van der Waals surface area (Å²) in [4.78, 5) is 16.7. The van der Waals surface area contributed by atoms with Gasteiger partial charge in [0.2, 0.25) is 5.78 Å². The van der Waals surface area contributed by atoms with Crippen molar-refractivity contribution in [1.82, 2.24) is 9.55 Å². The highest BCUT2D eigenvalue weighted by Crippen LogP contribution is 2.23. The third kappa shape index (κ3) is 3.17. The van der Waals surface area contributed by atoms with Gasteiger partial charge in [-0.3, -0.25) is 9.36 Å². The molecule has 0 unspecified atom stereocenters. The Balaban J connectivity index is 1.78. The van der Waals surface area contributed by atoms with E-state index >= 15 is 0 Å². The summed E-state index contributed by atoms with van der Waals surface area (Å²) in [7, 11) is 0. The maximum absolute atomic E-state index is 12.9. The SMILES string of the molecule is Cc1cc(C(=O)COc2ccc(F)cc2)c(C)n1-c1nccs1. The third-order valence-corrected chi connectivity index (χ3v) is 4.28. The van der Waals surface area contributed by atoms with Crippen LogP contribution >= 0.6 is 11.3 Å². The quantitative estimate of drug-likeness (QED) is 0.665. The number of aryl methyl sites for hydroxylation is 1. The molecule has 0 bridgehead atoms. The summed E-state index contributed by atoms with van der Waals surface area (Å²) < 4.78 is 20.2. The number of benzene rings is 1. The number of carbonyl (C=O) groups excluding carboxylic acids is 1. The van der Waals surface area contributed by atoms with E-state index in [2.05, 4.69) is 4.98 Å². The van der Waals surface area contributed by atoms with Crippen molar-refractivity contribution in [2.24, 2.45) is 0 Å². The van der Waals surface area contributed by atoms with Gasteiger partial charge in [0.05, 0.1) is 0 Å². The van der Waals surface area contributed by atoms with E-state index in [1.807, 2.05) is 29.9 Å². The van der Waals surface area contributed by atoms with Crippen molar-refractivity contribution in [3.05, 3.63) is 64.7 Å². The number of halogens is 1. The van der Waals surface area contributed by atoms with Crippen LogP contribution in [0.15, 0.2) is 41.9 Å². The number of nitrogens with zero attached hydrogens (tertiary/aromatic N) is 2. The molecule has 0 N–H and O–H groups in total. The van der Waals surface area contributed by atoms with Crippen LogP contribution in [-0.4, -0.2) is 21.9 Å². The topological polar surface area (TPSA) is 44.1 Å². The summed E-state index contributed by atoms with van der Waals surface area (Å²) in [6.45, 7) is 3.74. The lowest BCUT2D eigenvalue weighted by atomic mass is 10.1. The van der Waals surface area contributed by atoms with E-state index in [9.17, 15) is 9.18 Å². The molecule has 0 aliphatic rings. The van der Waals surface area contributed by atoms with Crippen molar-refractivity contribution in [1.29, 1.82) is 0 Å². The zero-order valence-corrected chi connectivity index (χ0v) is 13.6. The number of hydrogen-bond acceptors (Lipinski definition) is 4. The maximum Gasteiger partial charge on any atom is 0.202 e. The van der Waals surface area contributed by atoms with Gasteiger partial charge >= 0.3 is 0 Å². The Labute approximate surface area is 137 Å². The van der Waals surface area contributed by atoms with E-state index in [1.165, 1.54) is 35.6 Å². The van der Waals surface area contributed by atoms with Crippen LogP contribution in [0.4, 0.5) is 4.39 Å². The van der Waals surface area contributed by atoms with Crippen LogP contribution in [0.25, 0.3) is 5.13 Å². The van der Waals surface area contributed by atoms with Gasteiger partial charge in [0, 0.05) is 28.5 Å². The number of carbonyl (C=O) groups is 1. The van der Waals surface area contributed by atoms with Crippen LogP contribution in [0.3, 0.4) is 0 Å². The van der Waals surface area contributed by atoms with Gasteiger partial charge in [-0.2, -0.15) is 0 Å². The Morgan fingerprint density at radius 3 is 2.70 bits per heavy atom.